The fourth-order valence-electron chi connectivity index (χ4n) is 5.18. The van der Waals surface area contributed by atoms with Gasteiger partial charge in [-0.15, -0.1) is 0 Å². The number of carbonyl (C=O) groups excluding carboxylic acids is 2. The third-order valence-electron chi connectivity index (χ3n) is 7.52. The lowest BCUT2D eigenvalue weighted by atomic mass is 9.95. The summed E-state index contributed by atoms with van der Waals surface area (Å²) < 4.78 is 11.0. The predicted molar refractivity (Wildman–Crippen MR) is 149 cm³/mol. The Morgan fingerprint density at radius 1 is 1.08 bits per heavy atom. The number of aliphatic hydroxyl groups is 1. The summed E-state index contributed by atoms with van der Waals surface area (Å²) in [6.45, 7) is 5.25. The highest BCUT2D eigenvalue weighted by atomic mass is 16.5. The summed E-state index contributed by atoms with van der Waals surface area (Å²) in [7, 11) is 3.50. The van der Waals surface area contributed by atoms with Crippen LogP contribution in [0.4, 0.5) is 11.6 Å². The van der Waals surface area contributed by atoms with Gasteiger partial charge in [-0.2, -0.15) is 0 Å². The summed E-state index contributed by atoms with van der Waals surface area (Å²) in [6.07, 6.45) is 0. The van der Waals surface area contributed by atoms with E-state index in [1.54, 1.807) is 49.6 Å². The molecule has 39 heavy (non-hydrogen) atoms. The number of H-pyrrole nitrogens is 1. The van der Waals surface area contributed by atoms with Crippen LogP contribution in [0.25, 0.3) is 16.8 Å². The van der Waals surface area contributed by atoms with Gasteiger partial charge in [0.2, 0.25) is 5.95 Å². The highest BCUT2D eigenvalue weighted by Crippen LogP contribution is 2.43. The Kier molecular flexibility index (Phi) is 5.79. The smallest absolute Gasteiger partial charge is 0.302 e. The number of aryl methyl sites for hydroxylation is 2. The second kappa shape index (κ2) is 9.20. The van der Waals surface area contributed by atoms with Crippen LogP contribution in [0.2, 0.25) is 0 Å². The number of ether oxygens (including phenoxy) is 2. The van der Waals surface area contributed by atoms with Crippen molar-refractivity contribution in [2.75, 3.05) is 37.1 Å². The molecule has 4 aromatic rings. The molecular weight excluding hydrogens is 496 g/mol. The maximum absolute atomic E-state index is 13.6. The molecule has 2 aliphatic rings. The van der Waals surface area contributed by atoms with Crippen LogP contribution in [0.5, 0.6) is 11.5 Å². The predicted octanol–water partition coefficient (Wildman–Crippen LogP) is 4.64. The van der Waals surface area contributed by atoms with Crippen molar-refractivity contribution in [2.45, 2.75) is 19.9 Å². The SMILES string of the molecule is COc1ccc(C2/C(=C(\O)c3ccc4c(c3)N(C)CCO4)C(=O)C(=O)N2c2nc3cc(C)c(C)cc3[nH]2)cc1. The number of ketones is 1. The van der Waals surface area contributed by atoms with Crippen molar-refractivity contribution in [3.8, 4) is 11.5 Å². The van der Waals surface area contributed by atoms with Crippen LogP contribution in [0.15, 0.2) is 60.2 Å². The number of hydrogen-bond acceptors (Lipinski definition) is 7. The van der Waals surface area contributed by atoms with Crippen LogP contribution < -0.4 is 19.3 Å². The molecule has 1 aromatic heterocycles. The fraction of sp³-hybridized carbons (Fsp3) is 0.233. The van der Waals surface area contributed by atoms with Gasteiger partial charge in [-0.25, -0.2) is 4.98 Å². The maximum Gasteiger partial charge on any atom is 0.302 e. The number of Topliss-reactive ketones (excluding diaryl/α,β-unsaturated/α-hetero) is 1. The van der Waals surface area contributed by atoms with Crippen molar-refractivity contribution in [3.63, 3.8) is 0 Å². The fourth-order valence-corrected chi connectivity index (χ4v) is 5.18. The van der Waals surface area contributed by atoms with Crippen molar-refractivity contribution >= 4 is 40.1 Å². The zero-order valence-electron chi connectivity index (χ0n) is 22.1. The minimum Gasteiger partial charge on any atom is -0.507 e. The second-order valence-electron chi connectivity index (χ2n) is 9.91. The van der Waals surface area contributed by atoms with Crippen LogP contribution in [-0.2, 0) is 9.59 Å². The van der Waals surface area contributed by atoms with E-state index in [2.05, 4.69) is 9.97 Å². The number of rotatable bonds is 4. The number of fused-ring (bicyclic) bond motifs is 2. The van der Waals surface area contributed by atoms with Crippen molar-refractivity contribution in [3.05, 3.63) is 82.4 Å². The molecule has 198 valence electrons. The minimum absolute atomic E-state index is 0.0164. The van der Waals surface area contributed by atoms with Crippen LogP contribution in [0.3, 0.4) is 0 Å². The van der Waals surface area contributed by atoms with E-state index in [9.17, 15) is 14.7 Å². The van der Waals surface area contributed by atoms with E-state index in [1.807, 2.05) is 37.9 Å². The third-order valence-corrected chi connectivity index (χ3v) is 7.52. The molecule has 1 fully saturated rings. The molecule has 1 saturated heterocycles. The monoisotopic (exact) mass is 524 g/mol. The number of carbonyl (C=O) groups is 2. The van der Waals surface area contributed by atoms with E-state index in [4.69, 9.17) is 9.47 Å². The Morgan fingerprint density at radius 3 is 2.56 bits per heavy atom. The summed E-state index contributed by atoms with van der Waals surface area (Å²) in [5.74, 6) is -0.271. The number of likely N-dealkylation sites (N-methyl/N-ethyl adjacent to an activating group) is 1. The van der Waals surface area contributed by atoms with Crippen LogP contribution >= 0.6 is 0 Å². The Morgan fingerprint density at radius 2 is 1.82 bits per heavy atom. The average Bonchev–Trinajstić information content (AvgIpc) is 3.45. The zero-order valence-corrected chi connectivity index (χ0v) is 22.1. The number of nitrogens with one attached hydrogen (secondary N) is 1. The van der Waals surface area contributed by atoms with E-state index >= 15 is 0 Å². The van der Waals surface area contributed by atoms with Crippen LogP contribution in [-0.4, -0.2) is 54.1 Å². The lowest BCUT2D eigenvalue weighted by molar-refractivity contribution is -0.132. The number of anilines is 2. The second-order valence-corrected chi connectivity index (χ2v) is 9.91. The number of amides is 1. The third kappa shape index (κ3) is 3.98. The number of hydrogen-bond donors (Lipinski definition) is 2. The highest BCUT2D eigenvalue weighted by Gasteiger charge is 2.48. The number of imidazole rings is 1. The molecule has 3 heterocycles. The zero-order chi connectivity index (χ0) is 27.4. The van der Waals surface area contributed by atoms with Crippen LogP contribution in [0, 0.1) is 13.8 Å². The van der Waals surface area contributed by atoms with E-state index < -0.39 is 17.7 Å². The number of benzene rings is 3. The molecule has 3 aromatic carbocycles. The van der Waals surface area contributed by atoms with E-state index in [0.29, 0.717) is 41.3 Å². The highest BCUT2D eigenvalue weighted by molar-refractivity contribution is 6.51. The number of aromatic amines is 1. The summed E-state index contributed by atoms with van der Waals surface area (Å²) in [5, 5.41) is 11.6. The Bertz CT molecular complexity index is 1630. The quantitative estimate of drug-likeness (QED) is 0.227. The molecule has 0 radical (unpaired) electrons. The molecule has 1 amide bonds. The van der Waals surface area contributed by atoms with E-state index in [-0.39, 0.29) is 17.3 Å². The Balaban J connectivity index is 1.54. The molecule has 6 rings (SSSR count). The van der Waals surface area contributed by atoms with Gasteiger partial charge in [0.1, 0.15) is 23.9 Å². The molecule has 0 bridgehead atoms. The van der Waals surface area contributed by atoms with Crippen molar-refractivity contribution in [1.82, 2.24) is 9.97 Å². The topological polar surface area (TPSA) is 108 Å². The first kappa shape index (κ1) is 24.5. The minimum atomic E-state index is -0.913. The standard InChI is InChI=1S/C30H28N4O5/c1-16-13-21-22(14-17(16)2)32-30(31-21)34-26(18-5-8-20(38-4)9-6-18)25(28(36)29(34)37)27(35)19-7-10-24-23(15-19)33(3)11-12-39-24/h5-10,13-15,26,35H,11-12H2,1-4H3,(H,31,32)/b27-25+. The molecule has 1 atom stereocenters. The van der Waals surface area contributed by atoms with E-state index in [1.165, 1.54) is 4.90 Å². The van der Waals surface area contributed by atoms with Gasteiger partial charge in [0, 0.05) is 12.6 Å². The van der Waals surface area contributed by atoms with Gasteiger partial charge >= 0.3 is 5.91 Å². The average molecular weight is 525 g/mol. The summed E-state index contributed by atoms with van der Waals surface area (Å²) in [6, 6.07) is 15.3. The summed E-state index contributed by atoms with van der Waals surface area (Å²) in [4.78, 5) is 38.4. The van der Waals surface area contributed by atoms with Gasteiger partial charge in [0.25, 0.3) is 5.78 Å². The molecular formula is C30H28N4O5. The van der Waals surface area contributed by atoms with Gasteiger partial charge in [-0.3, -0.25) is 14.5 Å². The maximum atomic E-state index is 13.6. The van der Waals surface area contributed by atoms with Crippen LogP contribution in [0.1, 0.15) is 28.3 Å². The molecule has 1 unspecified atom stereocenters. The number of methoxy groups -OCH3 is 1. The largest absolute Gasteiger partial charge is 0.507 e. The molecule has 9 nitrogen and oxygen atoms in total. The molecule has 0 spiro atoms. The van der Waals surface area contributed by atoms with Gasteiger partial charge in [0.05, 0.1) is 42.0 Å². The van der Waals surface area contributed by atoms with Gasteiger partial charge in [-0.1, -0.05) is 12.1 Å². The normalized spacial score (nSPS) is 18.4. The Hall–Kier alpha value is -4.79. The lowest BCUT2D eigenvalue weighted by Crippen LogP contribution is -2.30. The van der Waals surface area contributed by atoms with Crippen molar-refractivity contribution in [2.24, 2.45) is 0 Å². The first-order valence-corrected chi connectivity index (χ1v) is 12.7. The van der Waals surface area contributed by atoms with Crippen molar-refractivity contribution in [1.29, 1.82) is 0 Å². The Labute approximate surface area is 225 Å². The molecule has 2 aliphatic heterocycles. The number of aliphatic hydroxyl groups excluding tert-OH is 1. The van der Waals surface area contributed by atoms with E-state index in [0.717, 1.165) is 22.3 Å². The lowest BCUT2D eigenvalue weighted by Gasteiger charge is -2.28. The molecule has 9 heteroatoms. The number of nitrogens with zero attached hydrogens (tertiary/aromatic N) is 3. The first-order valence-electron chi connectivity index (χ1n) is 12.7. The first-order chi connectivity index (χ1) is 18.8. The summed E-state index contributed by atoms with van der Waals surface area (Å²) >= 11 is 0. The van der Waals surface area contributed by atoms with Gasteiger partial charge in [-0.05, 0) is 73.0 Å². The molecule has 2 N–H and O–H groups in total. The number of aromatic nitrogens is 2. The molecule has 0 saturated carbocycles. The molecule has 0 aliphatic carbocycles. The van der Waals surface area contributed by atoms with Gasteiger partial charge in [0.15, 0.2) is 0 Å². The van der Waals surface area contributed by atoms with Gasteiger partial charge < -0.3 is 24.5 Å². The van der Waals surface area contributed by atoms with Crippen molar-refractivity contribution < 1.29 is 24.2 Å². The summed E-state index contributed by atoms with van der Waals surface area (Å²) in [5.41, 5.74) is 5.40.